The van der Waals surface area contributed by atoms with Crippen LogP contribution < -0.4 is 16.1 Å². The first-order chi connectivity index (χ1) is 12.1. The minimum absolute atomic E-state index is 0.386. The Bertz CT molecular complexity index is 1100. The molecule has 130 valence electrons. The number of H-pyrrole nitrogens is 2. The smallest absolute Gasteiger partial charge is 0.307 e. The van der Waals surface area contributed by atoms with Gasteiger partial charge in [0.2, 0.25) is 4.80 Å². The Hall–Kier alpha value is -2.48. The van der Waals surface area contributed by atoms with Gasteiger partial charge in [-0.3, -0.25) is 14.8 Å². The molecule has 1 aliphatic carbocycles. The number of nitrogens with one attached hydrogen (secondary N) is 2. The zero-order valence-corrected chi connectivity index (χ0v) is 14.7. The number of hydrogen-bond donors (Lipinski definition) is 2. The van der Waals surface area contributed by atoms with E-state index >= 15 is 0 Å². The summed E-state index contributed by atoms with van der Waals surface area (Å²) < 4.78 is 1.80. The first-order valence-corrected chi connectivity index (χ1v) is 9.26. The van der Waals surface area contributed by atoms with Gasteiger partial charge in [-0.15, -0.1) is 0 Å². The second kappa shape index (κ2) is 6.44. The quantitative estimate of drug-likeness (QED) is 0.733. The molecule has 0 bridgehead atoms. The molecule has 25 heavy (non-hydrogen) atoms. The molecule has 0 spiro atoms. The molecule has 3 aromatic rings. The predicted octanol–water partition coefficient (Wildman–Crippen LogP) is 1.91. The van der Waals surface area contributed by atoms with E-state index in [2.05, 4.69) is 15.1 Å². The average molecular weight is 357 g/mol. The molecule has 7 nitrogen and oxygen atoms in total. The summed E-state index contributed by atoms with van der Waals surface area (Å²) in [5.74, 6) is 0. The number of aromatic nitrogens is 4. The highest BCUT2D eigenvalue weighted by Crippen LogP contribution is 2.23. The third-order valence-corrected chi connectivity index (χ3v) is 5.62. The normalized spacial score (nSPS) is 16.6. The fraction of sp³-hybridized carbons (Fsp3) is 0.412. The van der Waals surface area contributed by atoms with Crippen molar-refractivity contribution in [2.75, 3.05) is 0 Å². The lowest BCUT2D eigenvalue weighted by molar-refractivity contribution is 0.434. The Balaban J connectivity index is 1.76. The second-order valence-electron chi connectivity index (χ2n) is 6.40. The Kier molecular flexibility index (Phi) is 4.12. The molecule has 0 atom stereocenters. The van der Waals surface area contributed by atoms with Gasteiger partial charge >= 0.3 is 5.69 Å². The van der Waals surface area contributed by atoms with Crippen LogP contribution in [0.4, 0.5) is 0 Å². The van der Waals surface area contributed by atoms with E-state index in [1.54, 1.807) is 16.8 Å². The van der Waals surface area contributed by atoms with Crippen molar-refractivity contribution >= 4 is 22.2 Å². The van der Waals surface area contributed by atoms with Crippen LogP contribution in [0.5, 0.6) is 0 Å². The highest BCUT2D eigenvalue weighted by molar-refractivity contribution is 7.12. The van der Waals surface area contributed by atoms with E-state index in [1.807, 2.05) is 13.1 Å². The van der Waals surface area contributed by atoms with Gasteiger partial charge in [0.15, 0.2) is 0 Å². The number of benzene rings is 1. The lowest BCUT2D eigenvalue weighted by atomic mass is 9.96. The summed E-state index contributed by atoms with van der Waals surface area (Å²) in [6.45, 7) is 0. The number of aromatic amines is 2. The van der Waals surface area contributed by atoms with Crippen LogP contribution in [0.25, 0.3) is 21.5 Å². The molecule has 2 N–H and O–H groups in total. The molecule has 4 rings (SSSR count). The summed E-state index contributed by atoms with van der Waals surface area (Å²) in [5, 5.41) is 5.84. The second-order valence-corrected chi connectivity index (χ2v) is 7.36. The van der Waals surface area contributed by atoms with E-state index in [9.17, 15) is 9.59 Å². The molecule has 1 saturated carbocycles. The van der Waals surface area contributed by atoms with Gasteiger partial charge in [-0.2, -0.15) is 5.10 Å². The molecule has 0 aliphatic heterocycles. The molecule has 8 heteroatoms. The van der Waals surface area contributed by atoms with Crippen LogP contribution >= 0.6 is 11.3 Å². The molecule has 0 amide bonds. The highest BCUT2D eigenvalue weighted by atomic mass is 32.1. The van der Waals surface area contributed by atoms with Crippen LogP contribution in [0.2, 0.25) is 0 Å². The minimum Gasteiger partial charge on any atom is -0.307 e. The topological polar surface area (TPSA) is 95.9 Å². The van der Waals surface area contributed by atoms with Gasteiger partial charge in [0.05, 0.1) is 16.9 Å². The van der Waals surface area contributed by atoms with Crippen LogP contribution in [0.1, 0.15) is 32.1 Å². The van der Waals surface area contributed by atoms with Gasteiger partial charge in [-0.1, -0.05) is 36.7 Å². The van der Waals surface area contributed by atoms with E-state index in [-0.39, 0.29) is 5.56 Å². The fourth-order valence-electron chi connectivity index (χ4n) is 3.25. The van der Waals surface area contributed by atoms with Crippen LogP contribution in [0.15, 0.2) is 32.8 Å². The van der Waals surface area contributed by atoms with E-state index in [1.165, 1.54) is 30.6 Å². The van der Waals surface area contributed by atoms with Crippen molar-refractivity contribution in [1.29, 1.82) is 0 Å². The first kappa shape index (κ1) is 16.0. The third kappa shape index (κ3) is 3.21. The van der Waals surface area contributed by atoms with Crippen LogP contribution in [0.3, 0.4) is 0 Å². The average Bonchev–Trinajstić information content (AvgIpc) is 2.96. The van der Waals surface area contributed by atoms with Crippen LogP contribution in [0, 0.1) is 0 Å². The van der Waals surface area contributed by atoms with E-state index in [0.717, 1.165) is 28.2 Å². The molecule has 1 aromatic carbocycles. The summed E-state index contributed by atoms with van der Waals surface area (Å²) in [6.07, 6.45) is 6.09. The van der Waals surface area contributed by atoms with Crippen molar-refractivity contribution in [2.24, 2.45) is 12.0 Å². The minimum atomic E-state index is -0.507. The summed E-state index contributed by atoms with van der Waals surface area (Å²) in [6, 6.07) is 5.73. The monoisotopic (exact) mass is 357 g/mol. The van der Waals surface area contributed by atoms with Crippen molar-refractivity contribution < 1.29 is 0 Å². The van der Waals surface area contributed by atoms with Gasteiger partial charge in [0, 0.05) is 12.6 Å². The molecule has 0 saturated heterocycles. The Labute approximate surface area is 147 Å². The number of nitrogens with zero attached hydrogens (tertiary/aromatic N) is 3. The van der Waals surface area contributed by atoms with Gasteiger partial charge in [-0.25, -0.2) is 9.48 Å². The van der Waals surface area contributed by atoms with Crippen molar-refractivity contribution in [3.05, 3.63) is 43.8 Å². The van der Waals surface area contributed by atoms with Crippen LogP contribution in [-0.4, -0.2) is 25.8 Å². The van der Waals surface area contributed by atoms with E-state index < -0.39 is 5.69 Å². The zero-order valence-electron chi connectivity index (χ0n) is 13.9. The fourth-order valence-corrected chi connectivity index (χ4v) is 4.20. The van der Waals surface area contributed by atoms with Gasteiger partial charge in [0.25, 0.3) is 5.56 Å². The maximum atomic E-state index is 11.8. The lowest BCUT2D eigenvalue weighted by Crippen LogP contribution is -2.21. The standard InChI is InChI=1S/C17H19N5O2S/c1-22-17(18-11-5-3-2-4-6-11)25-15(21-22)10-7-8-12-13(9-10)19-16(24)20-14(12)23/h7-9,11H,2-6H2,1H3,(H2,19,20,23,24)/b18-17+. The van der Waals surface area contributed by atoms with Gasteiger partial charge in [-0.05, 0) is 25.0 Å². The Morgan fingerprint density at radius 2 is 2.00 bits per heavy atom. The Morgan fingerprint density at radius 3 is 2.80 bits per heavy atom. The van der Waals surface area contributed by atoms with Crippen molar-refractivity contribution in [3.63, 3.8) is 0 Å². The summed E-state index contributed by atoms with van der Waals surface area (Å²) >= 11 is 1.53. The largest absolute Gasteiger partial charge is 0.326 e. The van der Waals surface area contributed by atoms with Crippen molar-refractivity contribution in [1.82, 2.24) is 19.7 Å². The molecule has 2 heterocycles. The molecular weight excluding hydrogens is 338 g/mol. The number of rotatable bonds is 2. The lowest BCUT2D eigenvalue weighted by Gasteiger charge is -2.16. The van der Waals surface area contributed by atoms with Crippen molar-refractivity contribution in [2.45, 2.75) is 38.1 Å². The highest BCUT2D eigenvalue weighted by Gasteiger charge is 2.13. The van der Waals surface area contributed by atoms with E-state index in [4.69, 9.17) is 4.99 Å². The molecule has 1 fully saturated rings. The van der Waals surface area contributed by atoms with E-state index in [0.29, 0.717) is 16.9 Å². The predicted molar refractivity (Wildman–Crippen MR) is 97.7 cm³/mol. The summed E-state index contributed by atoms with van der Waals surface area (Å²) in [5.41, 5.74) is 0.477. The molecular formula is C17H19N5O2S. The SMILES string of the molecule is Cn1nc(-c2ccc3c(=O)[nH]c(=O)[nH]c3c2)s/c1=N/C1CCCCC1. The summed E-state index contributed by atoms with van der Waals surface area (Å²) in [4.78, 5) is 34.0. The molecule has 2 aromatic heterocycles. The summed E-state index contributed by atoms with van der Waals surface area (Å²) in [7, 11) is 1.90. The number of fused-ring (bicyclic) bond motifs is 1. The zero-order chi connectivity index (χ0) is 17.4. The Morgan fingerprint density at radius 1 is 1.20 bits per heavy atom. The van der Waals surface area contributed by atoms with Crippen molar-refractivity contribution in [3.8, 4) is 10.6 Å². The molecule has 1 aliphatic rings. The number of aryl methyl sites for hydroxylation is 1. The number of hydrogen-bond acceptors (Lipinski definition) is 5. The van der Waals surface area contributed by atoms with Crippen LogP contribution in [-0.2, 0) is 7.05 Å². The maximum Gasteiger partial charge on any atom is 0.326 e. The van der Waals surface area contributed by atoms with Gasteiger partial charge in [0.1, 0.15) is 5.01 Å². The molecule has 0 unspecified atom stereocenters. The van der Waals surface area contributed by atoms with Gasteiger partial charge < -0.3 is 4.98 Å². The first-order valence-electron chi connectivity index (χ1n) is 8.45. The third-order valence-electron chi connectivity index (χ3n) is 4.56. The molecule has 0 radical (unpaired) electrons. The maximum absolute atomic E-state index is 11.8.